The molecule has 0 aliphatic carbocycles. The summed E-state index contributed by atoms with van der Waals surface area (Å²) in [6, 6.07) is 12.4. The van der Waals surface area contributed by atoms with Crippen molar-refractivity contribution >= 4 is 22.1 Å². The Bertz CT molecular complexity index is 534. The van der Waals surface area contributed by atoms with Crippen molar-refractivity contribution in [1.82, 2.24) is 5.32 Å². The molecule has 1 heterocycles. The van der Waals surface area contributed by atoms with Crippen LogP contribution in [-0.2, 0) is 10.8 Å². The number of thiophene rings is 1. The van der Waals surface area contributed by atoms with Crippen molar-refractivity contribution < 1.29 is 4.21 Å². The van der Waals surface area contributed by atoms with Crippen LogP contribution in [0.4, 0.5) is 0 Å². The fraction of sp³-hybridized carbons (Fsp3) is 0.333. The van der Waals surface area contributed by atoms with Gasteiger partial charge < -0.3 is 5.32 Å². The zero-order valence-electron chi connectivity index (χ0n) is 11.4. The van der Waals surface area contributed by atoms with Crippen molar-refractivity contribution in [1.29, 1.82) is 0 Å². The van der Waals surface area contributed by atoms with Gasteiger partial charge in [0, 0.05) is 6.04 Å². The largest absolute Gasteiger partial charge is 0.312 e. The predicted octanol–water partition coefficient (Wildman–Crippen LogP) is 3.51. The summed E-state index contributed by atoms with van der Waals surface area (Å²) in [5.41, 5.74) is 2.43. The standard InChI is InChI=1S/C15H19NOS2/c1-11-6-8-13(9-7-11)15(16-3)12(2)19(17)14-5-4-10-18-14/h4-10,12,15-16H,1-3H3. The molecule has 0 saturated heterocycles. The van der Waals surface area contributed by atoms with Gasteiger partial charge in [0.15, 0.2) is 0 Å². The van der Waals surface area contributed by atoms with Gasteiger partial charge in [-0.2, -0.15) is 0 Å². The van der Waals surface area contributed by atoms with E-state index in [0.29, 0.717) is 0 Å². The van der Waals surface area contributed by atoms with Gasteiger partial charge >= 0.3 is 0 Å². The van der Waals surface area contributed by atoms with Gasteiger partial charge in [0.1, 0.15) is 0 Å². The van der Waals surface area contributed by atoms with E-state index in [9.17, 15) is 4.21 Å². The first-order chi connectivity index (χ1) is 9.13. The third kappa shape index (κ3) is 3.32. The lowest BCUT2D eigenvalue weighted by Gasteiger charge is -2.23. The van der Waals surface area contributed by atoms with E-state index in [1.807, 2.05) is 31.5 Å². The minimum atomic E-state index is -0.977. The van der Waals surface area contributed by atoms with E-state index < -0.39 is 10.8 Å². The SMILES string of the molecule is CNC(c1ccc(C)cc1)C(C)S(=O)c1cccs1. The van der Waals surface area contributed by atoms with Crippen LogP contribution in [0.3, 0.4) is 0 Å². The molecule has 0 bridgehead atoms. The third-order valence-corrected chi connectivity index (χ3v) is 6.17. The molecule has 2 nitrogen and oxygen atoms in total. The van der Waals surface area contributed by atoms with Gasteiger partial charge in [0.25, 0.3) is 0 Å². The second-order valence-corrected chi connectivity index (χ2v) is 7.60. The molecule has 0 spiro atoms. The second kappa shape index (κ2) is 6.46. The van der Waals surface area contributed by atoms with Crippen LogP contribution in [-0.4, -0.2) is 16.5 Å². The molecule has 0 radical (unpaired) electrons. The molecular weight excluding hydrogens is 274 g/mol. The van der Waals surface area contributed by atoms with Crippen molar-refractivity contribution in [3.05, 3.63) is 52.9 Å². The Balaban J connectivity index is 2.22. The van der Waals surface area contributed by atoms with E-state index in [1.165, 1.54) is 11.1 Å². The van der Waals surface area contributed by atoms with Gasteiger partial charge in [-0.25, -0.2) is 0 Å². The minimum absolute atomic E-state index is 0.0337. The quantitative estimate of drug-likeness (QED) is 0.914. The Hall–Kier alpha value is -0.970. The Morgan fingerprint density at radius 1 is 1.21 bits per heavy atom. The number of rotatable bonds is 5. The Morgan fingerprint density at radius 3 is 2.42 bits per heavy atom. The van der Waals surface area contributed by atoms with Crippen LogP contribution >= 0.6 is 11.3 Å². The average molecular weight is 293 g/mol. The summed E-state index contributed by atoms with van der Waals surface area (Å²) < 4.78 is 13.5. The Kier molecular flexibility index (Phi) is 4.91. The summed E-state index contributed by atoms with van der Waals surface area (Å²) >= 11 is 1.56. The van der Waals surface area contributed by atoms with E-state index in [2.05, 4.69) is 36.5 Å². The van der Waals surface area contributed by atoms with E-state index in [4.69, 9.17) is 0 Å². The van der Waals surface area contributed by atoms with Crippen LogP contribution in [0.1, 0.15) is 24.1 Å². The molecule has 1 N–H and O–H groups in total. The van der Waals surface area contributed by atoms with Crippen molar-refractivity contribution in [2.24, 2.45) is 0 Å². The summed E-state index contributed by atoms with van der Waals surface area (Å²) in [6.07, 6.45) is 0. The number of hydrogen-bond acceptors (Lipinski definition) is 3. The van der Waals surface area contributed by atoms with Crippen LogP contribution in [0.25, 0.3) is 0 Å². The lowest BCUT2D eigenvalue weighted by atomic mass is 10.0. The van der Waals surface area contributed by atoms with Gasteiger partial charge in [-0.1, -0.05) is 35.9 Å². The molecule has 0 aliphatic rings. The predicted molar refractivity (Wildman–Crippen MR) is 83.2 cm³/mol. The van der Waals surface area contributed by atoms with E-state index in [-0.39, 0.29) is 11.3 Å². The van der Waals surface area contributed by atoms with E-state index >= 15 is 0 Å². The normalized spacial score (nSPS) is 15.9. The monoisotopic (exact) mass is 293 g/mol. The van der Waals surface area contributed by atoms with Crippen LogP contribution < -0.4 is 5.32 Å². The van der Waals surface area contributed by atoms with Crippen LogP contribution in [0.15, 0.2) is 46.0 Å². The maximum Gasteiger partial charge on any atom is 0.0914 e. The van der Waals surface area contributed by atoms with Gasteiger partial charge in [0.05, 0.1) is 20.3 Å². The molecule has 2 rings (SSSR count). The molecule has 0 amide bonds. The second-order valence-electron chi connectivity index (χ2n) is 4.61. The van der Waals surface area contributed by atoms with Gasteiger partial charge in [0.2, 0.25) is 0 Å². The Morgan fingerprint density at radius 2 is 1.89 bits per heavy atom. The molecule has 0 aliphatic heterocycles. The van der Waals surface area contributed by atoms with Gasteiger partial charge in [-0.05, 0) is 37.9 Å². The van der Waals surface area contributed by atoms with Crippen LogP contribution in [0.2, 0.25) is 0 Å². The first-order valence-electron chi connectivity index (χ1n) is 6.31. The highest BCUT2D eigenvalue weighted by molar-refractivity contribution is 7.87. The summed E-state index contributed by atoms with van der Waals surface area (Å²) in [5, 5.41) is 5.30. The highest BCUT2D eigenvalue weighted by Gasteiger charge is 2.24. The highest BCUT2D eigenvalue weighted by Crippen LogP contribution is 2.26. The molecule has 4 heteroatoms. The number of hydrogen-bond donors (Lipinski definition) is 1. The first-order valence-corrected chi connectivity index (χ1v) is 8.40. The highest BCUT2D eigenvalue weighted by atomic mass is 32.2. The van der Waals surface area contributed by atoms with Crippen LogP contribution in [0.5, 0.6) is 0 Å². The first kappa shape index (κ1) is 14.4. The Labute approximate surface area is 121 Å². The fourth-order valence-corrected chi connectivity index (χ4v) is 4.70. The summed E-state index contributed by atoms with van der Waals surface area (Å²) in [5.74, 6) is 0. The minimum Gasteiger partial charge on any atom is -0.312 e. The zero-order chi connectivity index (χ0) is 13.8. The molecular formula is C15H19NOS2. The molecule has 0 saturated carbocycles. The molecule has 19 heavy (non-hydrogen) atoms. The van der Waals surface area contributed by atoms with Crippen molar-refractivity contribution in [3.63, 3.8) is 0 Å². The number of nitrogens with one attached hydrogen (secondary N) is 1. The molecule has 1 aromatic heterocycles. The molecule has 3 unspecified atom stereocenters. The molecule has 3 atom stereocenters. The molecule has 0 fully saturated rings. The maximum absolute atomic E-state index is 12.5. The van der Waals surface area contributed by atoms with Crippen molar-refractivity contribution in [2.75, 3.05) is 7.05 Å². The van der Waals surface area contributed by atoms with E-state index in [0.717, 1.165) is 4.21 Å². The number of benzene rings is 1. The number of aryl methyl sites for hydroxylation is 1. The van der Waals surface area contributed by atoms with Gasteiger partial charge in [-0.3, -0.25) is 4.21 Å². The molecule has 1 aromatic carbocycles. The lowest BCUT2D eigenvalue weighted by Crippen LogP contribution is -2.30. The smallest absolute Gasteiger partial charge is 0.0914 e. The maximum atomic E-state index is 12.5. The summed E-state index contributed by atoms with van der Waals surface area (Å²) in [7, 11) is 0.946. The summed E-state index contributed by atoms with van der Waals surface area (Å²) in [6.45, 7) is 4.11. The van der Waals surface area contributed by atoms with Crippen molar-refractivity contribution in [3.8, 4) is 0 Å². The van der Waals surface area contributed by atoms with Crippen LogP contribution in [0, 0.1) is 6.92 Å². The van der Waals surface area contributed by atoms with Crippen molar-refractivity contribution in [2.45, 2.75) is 29.3 Å². The molecule has 102 valence electrons. The molecule has 2 aromatic rings. The van der Waals surface area contributed by atoms with E-state index in [1.54, 1.807) is 11.3 Å². The summed E-state index contributed by atoms with van der Waals surface area (Å²) in [4.78, 5) is 0. The topological polar surface area (TPSA) is 29.1 Å². The zero-order valence-corrected chi connectivity index (χ0v) is 13.1. The average Bonchev–Trinajstić information content (AvgIpc) is 2.94. The fourth-order valence-electron chi connectivity index (χ4n) is 2.13. The lowest BCUT2D eigenvalue weighted by molar-refractivity contribution is 0.570. The van der Waals surface area contributed by atoms with Gasteiger partial charge in [-0.15, -0.1) is 11.3 Å². The third-order valence-electron chi connectivity index (χ3n) is 3.25.